The van der Waals surface area contributed by atoms with E-state index in [2.05, 4.69) is 10.6 Å². The number of rotatable bonds is 5. The number of halogens is 1. The van der Waals surface area contributed by atoms with Crippen LogP contribution >= 0.6 is 0 Å². The Balaban J connectivity index is 1.61. The van der Waals surface area contributed by atoms with E-state index in [1.807, 2.05) is 6.07 Å². The molecule has 0 fully saturated rings. The zero-order valence-electron chi connectivity index (χ0n) is 18.1. The molecule has 1 aliphatic heterocycles. The monoisotopic (exact) mass is 447 g/mol. The quantitative estimate of drug-likeness (QED) is 0.613. The molecule has 33 heavy (non-hydrogen) atoms. The fourth-order valence-corrected chi connectivity index (χ4v) is 3.49. The maximum Gasteiger partial charge on any atom is 0.271 e. The summed E-state index contributed by atoms with van der Waals surface area (Å²) in [4.78, 5) is 39.7. The first-order valence-electron chi connectivity index (χ1n) is 10.3. The van der Waals surface area contributed by atoms with Crippen molar-refractivity contribution < 1.29 is 23.5 Å². The minimum atomic E-state index is -1.22. The van der Waals surface area contributed by atoms with Crippen LogP contribution in [0.1, 0.15) is 24.2 Å². The number of hydrogen-bond donors (Lipinski definition) is 2. The number of benzene rings is 3. The highest BCUT2D eigenvalue weighted by Crippen LogP contribution is 2.38. The second-order valence-electron chi connectivity index (χ2n) is 8.03. The van der Waals surface area contributed by atoms with Crippen LogP contribution in [0.4, 0.5) is 21.5 Å². The molecule has 0 unspecified atom stereocenters. The van der Waals surface area contributed by atoms with Gasteiger partial charge in [0.1, 0.15) is 18.1 Å². The number of hydrogen-bond acceptors (Lipinski definition) is 4. The van der Waals surface area contributed by atoms with Gasteiger partial charge in [0.2, 0.25) is 5.91 Å². The SMILES string of the molecule is CC1(C)Oc2ccc(C(=O)Nc3ccccc3)cc2N(CC(=O)Nc2ccccc2F)C1=O. The first-order valence-corrected chi connectivity index (χ1v) is 10.3. The smallest absolute Gasteiger partial charge is 0.271 e. The van der Waals surface area contributed by atoms with Gasteiger partial charge in [-0.05, 0) is 56.3 Å². The molecule has 0 saturated heterocycles. The molecule has 0 saturated carbocycles. The maximum atomic E-state index is 13.9. The topological polar surface area (TPSA) is 87.7 Å². The minimum Gasteiger partial charge on any atom is -0.476 e. The predicted octanol–water partition coefficient (Wildman–Crippen LogP) is 4.22. The minimum absolute atomic E-state index is 0.0127. The normalized spacial score (nSPS) is 14.2. The molecule has 0 atom stereocenters. The molecule has 8 heteroatoms. The fraction of sp³-hybridized carbons (Fsp3) is 0.160. The second kappa shape index (κ2) is 8.74. The number of nitrogens with zero attached hydrogens (tertiary/aromatic N) is 1. The van der Waals surface area contributed by atoms with Crippen molar-refractivity contribution in [2.24, 2.45) is 0 Å². The molecule has 2 N–H and O–H groups in total. The van der Waals surface area contributed by atoms with Gasteiger partial charge in [-0.25, -0.2) is 4.39 Å². The fourth-order valence-electron chi connectivity index (χ4n) is 3.49. The largest absolute Gasteiger partial charge is 0.476 e. The standard InChI is InChI=1S/C25H22FN3O4/c1-25(2)24(32)29(15-22(30)28-19-11-7-6-10-18(19)26)20-14-16(12-13-21(20)33-25)23(31)27-17-8-4-3-5-9-17/h3-14H,15H2,1-2H3,(H,27,31)(H,28,30). The van der Waals surface area contributed by atoms with E-state index in [0.29, 0.717) is 11.4 Å². The summed E-state index contributed by atoms with van der Waals surface area (Å²) in [6.45, 7) is 2.81. The van der Waals surface area contributed by atoms with Gasteiger partial charge in [-0.1, -0.05) is 30.3 Å². The van der Waals surface area contributed by atoms with Crippen molar-refractivity contribution in [1.82, 2.24) is 0 Å². The van der Waals surface area contributed by atoms with E-state index in [9.17, 15) is 18.8 Å². The third-order valence-electron chi connectivity index (χ3n) is 5.12. The van der Waals surface area contributed by atoms with E-state index >= 15 is 0 Å². The molecule has 3 amide bonds. The Labute approximate surface area is 190 Å². The summed E-state index contributed by atoms with van der Waals surface area (Å²) in [6, 6.07) is 19.4. The second-order valence-corrected chi connectivity index (χ2v) is 8.03. The van der Waals surface area contributed by atoms with E-state index in [1.54, 1.807) is 56.3 Å². The molecule has 3 aromatic rings. The lowest BCUT2D eigenvalue weighted by molar-refractivity contribution is -0.133. The lowest BCUT2D eigenvalue weighted by Gasteiger charge is -2.38. The number of carbonyl (C=O) groups excluding carboxylic acids is 3. The summed E-state index contributed by atoms with van der Waals surface area (Å²) in [6.07, 6.45) is 0. The Hall–Kier alpha value is -4.20. The Morgan fingerprint density at radius 2 is 1.67 bits per heavy atom. The van der Waals surface area contributed by atoms with Gasteiger partial charge in [0.25, 0.3) is 11.8 Å². The molecular weight excluding hydrogens is 425 g/mol. The van der Waals surface area contributed by atoms with E-state index in [4.69, 9.17) is 4.74 Å². The van der Waals surface area contributed by atoms with Crippen LogP contribution in [0.2, 0.25) is 0 Å². The molecule has 0 radical (unpaired) electrons. The zero-order chi connectivity index (χ0) is 23.6. The maximum absolute atomic E-state index is 13.9. The van der Waals surface area contributed by atoms with Gasteiger partial charge in [0, 0.05) is 11.3 Å². The van der Waals surface area contributed by atoms with Gasteiger partial charge in [-0.3, -0.25) is 19.3 Å². The van der Waals surface area contributed by atoms with Crippen LogP contribution in [-0.4, -0.2) is 29.9 Å². The van der Waals surface area contributed by atoms with E-state index < -0.39 is 23.2 Å². The molecule has 1 aliphatic rings. The van der Waals surface area contributed by atoms with Gasteiger partial charge in [0.05, 0.1) is 11.4 Å². The van der Waals surface area contributed by atoms with Crippen LogP contribution in [0.5, 0.6) is 5.75 Å². The molecule has 1 heterocycles. The summed E-state index contributed by atoms with van der Waals surface area (Å²) in [5.74, 6) is -1.65. The molecular formula is C25H22FN3O4. The van der Waals surface area contributed by atoms with Crippen molar-refractivity contribution in [2.75, 3.05) is 22.1 Å². The van der Waals surface area contributed by atoms with Crippen molar-refractivity contribution in [2.45, 2.75) is 19.4 Å². The van der Waals surface area contributed by atoms with Crippen molar-refractivity contribution >= 4 is 34.8 Å². The van der Waals surface area contributed by atoms with Crippen LogP contribution in [0.15, 0.2) is 72.8 Å². The average molecular weight is 447 g/mol. The molecule has 168 valence electrons. The average Bonchev–Trinajstić information content (AvgIpc) is 2.78. The number of nitrogens with one attached hydrogen (secondary N) is 2. The molecule has 0 spiro atoms. The van der Waals surface area contributed by atoms with E-state index in [1.165, 1.54) is 29.2 Å². The highest BCUT2D eigenvalue weighted by Gasteiger charge is 2.42. The third-order valence-corrected chi connectivity index (χ3v) is 5.12. The van der Waals surface area contributed by atoms with Crippen LogP contribution < -0.4 is 20.3 Å². The van der Waals surface area contributed by atoms with Crippen molar-refractivity contribution in [3.8, 4) is 5.75 Å². The van der Waals surface area contributed by atoms with E-state index in [0.717, 1.165) is 0 Å². The summed E-state index contributed by atoms with van der Waals surface area (Å²) in [5.41, 5.74) is -0.0237. The number of anilines is 3. The number of para-hydroxylation sites is 2. The van der Waals surface area contributed by atoms with Crippen molar-refractivity contribution in [3.05, 3.63) is 84.2 Å². The first-order chi connectivity index (χ1) is 15.7. The van der Waals surface area contributed by atoms with E-state index in [-0.39, 0.29) is 29.4 Å². The predicted molar refractivity (Wildman–Crippen MR) is 123 cm³/mol. The van der Waals surface area contributed by atoms with Crippen molar-refractivity contribution in [3.63, 3.8) is 0 Å². The molecule has 7 nitrogen and oxygen atoms in total. The van der Waals surface area contributed by atoms with Crippen LogP contribution in [0.25, 0.3) is 0 Å². The summed E-state index contributed by atoms with van der Waals surface area (Å²) in [7, 11) is 0. The van der Waals surface area contributed by atoms with Crippen LogP contribution in [0.3, 0.4) is 0 Å². The lowest BCUT2D eigenvalue weighted by atomic mass is 10.0. The van der Waals surface area contributed by atoms with Crippen LogP contribution in [0, 0.1) is 5.82 Å². The van der Waals surface area contributed by atoms with Gasteiger partial charge in [0.15, 0.2) is 5.60 Å². The van der Waals surface area contributed by atoms with Gasteiger partial charge in [-0.2, -0.15) is 0 Å². The van der Waals surface area contributed by atoms with Gasteiger partial charge < -0.3 is 15.4 Å². The van der Waals surface area contributed by atoms with Crippen LogP contribution in [-0.2, 0) is 9.59 Å². The lowest BCUT2D eigenvalue weighted by Crippen LogP contribution is -2.54. The summed E-state index contributed by atoms with van der Waals surface area (Å²) >= 11 is 0. The first kappa shape index (κ1) is 22.0. The highest BCUT2D eigenvalue weighted by molar-refractivity contribution is 6.10. The number of ether oxygens (including phenoxy) is 1. The summed E-state index contributed by atoms with van der Waals surface area (Å²) < 4.78 is 19.7. The number of carbonyl (C=O) groups is 3. The summed E-state index contributed by atoms with van der Waals surface area (Å²) in [5, 5.41) is 5.26. The Kier molecular flexibility index (Phi) is 5.83. The van der Waals surface area contributed by atoms with Crippen molar-refractivity contribution in [1.29, 1.82) is 0 Å². The zero-order valence-corrected chi connectivity index (χ0v) is 18.1. The molecule has 0 aromatic heterocycles. The Morgan fingerprint density at radius 3 is 2.39 bits per heavy atom. The Morgan fingerprint density at radius 1 is 0.970 bits per heavy atom. The highest BCUT2D eigenvalue weighted by atomic mass is 19.1. The third kappa shape index (κ3) is 4.69. The van der Waals surface area contributed by atoms with Gasteiger partial charge in [-0.15, -0.1) is 0 Å². The molecule has 0 bridgehead atoms. The molecule has 4 rings (SSSR count). The number of amides is 3. The molecule has 0 aliphatic carbocycles. The Bertz CT molecular complexity index is 1230. The molecule has 3 aromatic carbocycles. The van der Waals surface area contributed by atoms with Gasteiger partial charge >= 0.3 is 0 Å². The number of fused-ring (bicyclic) bond motifs is 1.